The quantitative estimate of drug-likeness (QED) is 0.784. The average Bonchev–Trinajstić information content (AvgIpc) is 2.95. The molecule has 2 heterocycles. The van der Waals surface area contributed by atoms with Crippen molar-refractivity contribution in [2.45, 2.75) is 32.2 Å². The molecule has 1 saturated heterocycles. The lowest BCUT2D eigenvalue weighted by atomic mass is 10.1. The number of aliphatic imine (C=N–C) groups is 1. The molecule has 0 unspecified atom stereocenters. The summed E-state index contributed by atoms with van der Waals surface area (Å²) in [4.78, 5) is 19.4. The van der Waals surface area contributed by atoms with Crippen molar-refractivity contribution in [2.75, 3.05) is 20.8 Å². The molecule has 0 radical (unpaired) electrons. The lowest BCUT2D eigenvalue weighted by Crippen LogP contribution is -2.40. The van der Waals surface area contributed by atoms with E-state index in [-0.39, 0.29) is 5.91 Å². The molecule has 2 aliphatic heterocycles. The van der Waals surface area contributed by atoms with Crippen LogP contribution in [0.5, 0.6) is 11.5 Å². The van der Waals surface area contributed by atoms with Crippen LogP contribution < -0.4 is 9.47 Å². The Morgan fingerprint density at radius 1 is 1.29 bits per heavy atom. The van der Waals surface area contributed by atoms with Crippen molar-refractivity contribution in [2.24, 2.45) is 4.99 Å². The van der Waals surface area contributed by atoms with Crippen molar-refractivity contribution in [1.82, 2.24) is 4.90 Å². The van der Waals surface area contributed by atoms with Crippen molar-refractivity contribution < 1.29 is 14.3 Å². The summed E-state index contributed by atoms with van der Waals surface area (Å²) >= 11 is 1.45. The van der Waals surface area contributed by atoms with Gasteiger partial charge in [0.15, 0.2) is 5.17 Å². The monoisotopic (exact) mass is 346 g/mol. The SMILES string of the molecule is COc1ccc(OC)c(/C=C2/SC(N3CCCC[C@H]3C)=NC2=O)c1. The lowest BCUT2D eigenvalue weighted by Gasteiger charge is -2.34. The predicted molar refractivity (Wildman–Crippen MR) is 97.6 cm³/mol. The smallest absolute Gasteiger partial charge is 0.286 e. The first-order chi connectivity index (χ1) is 11.6. The molecule has 1 aromatic rings. The number of likely N-dealkylation sites (tertiary alicyclic amines) is 1. The molecule has 6 heteroatoms. The van der Waals surface area contributed by atoms with Crippen molar-refractivity contribution >= 4 is 28.9 Å². The zero-order chi connectivity index (χ0) is 17.1. The van der Waals surface area contributed by atoms with Crippen LogP contribution >= 0.6 is 11.8 Å². The van der Waals surface area contributed by atoms with Crippen molar-refractivity contribution in [3.05, 3.63) is 28.7 Å². The van der Waals surface area contributed by atoms with Gasteiger partial charge >= 0.3 is 0 Å². The minimum atomic E-state index is -0.183. The molecule has 2 aliphatic rings. The van der Waals surface area contributed by atoms with E-state index in [0.717, 1.165) is 35.9 Å². The topological polar surface area (TPSA) is 51.1 Å². The Bertz CT molecular complexity index is 700. The molecular formula is C18H22N2O3S. The molecule has 0 spiro atoms. The average molecular weight is 346 g/mol. The molecule has 24 heavy (non-hydrogen) atoms. The van der Waals surface area contributed by atoms with Crippen molar-refractivity contribution in [3.8, 4) is 11.5 Å². The number of nitrogens with zero attached hydrogens (tertiary/aromatic N) is 2. The Kier molecular flexibility index (Phi) is 5.14. The van der Waals surface area contributed by atoms with E-state index < -0.39 is 0 Å². The highest BCUT2D eigenvalue weighted by Gasteiger charge is 2.30. The van der Waals surface area contributed by atoms with Crippen molar-refractivity contribution in [3.63, 3.8) is 0 Å². The van der Waals surface area contributed by atoms with Crippen LogP contribution in [0.3, 0.4) is 0 Å². The summed E-state index contributed by atoms with van der Waals surface area (Å²) in [6, 6.07) is 5.97. The van der Waals surface area contributed by atoms with Gasteiger partial charge in [0, 0.05) is 18.2 Å². The van der Waals surface area contributed by atoms with Crippen LogP contribution in [0, 0.1) is 0 Å². The van der Waals surface area contributed by atoms with Crippen LogP contribution in [0.4, 0.5) is 0 Å². The highest BCUT2D eigenvalue weighted by molar-refractivity contribution is 8.18. The van der Waals surface area contributed by atoms with Gasteiger partial charge in [-0.1, -0.05) is 0 Å². The molecule has 1 fully saturated rings. The van der Waals surface area contributed by atoms with E-state index >= 15 is 0 Å². The summed E-state index contributed by atoms with van der Waals surface area (Å²) in [7, 11) is 3.23. The number of thioether (sulfide) groups is 1. The predicted octanol–water partition coefficient (Wildman–Crippen LogP) is 3.55. The van der Waals surface area contributed by atoms with E-state index in [4.69, 9.17) is 9.47 Å². The summed E-state index contributed by atoms with van der Waals surface area (Å²) in [6.45, 7) is 3.16. The van der Waals surface area contributed by atoms with Gasteiger partial charge in [-0.2, -0.15) is 4.99 Å². The summed E-state index contributed by atoms with van der Waals surface area (Å²) in [5.41, 5.74) is 0.816. The van der Waals surface area contributed by atoms with Gasteiger partial charge in [-0.05, 0) is 62.2 Å². The summed E-state index contributed by atoms with van der Waals surface area (Å²) < 4.78 is 10.6. The second kappa shape index (κ2) is 7.30. The number of ether oxygens (including phenoxy) is 2. The maximum absolute atomic E-state index is 12.3. The van der Waals surface area contributed by atoms with Crippen LogP contribution in [-0.4, -0.2) is 42.8 Å². The maximum atomic E-state index is 12.3. The molecule has 128 valence electrons. The zero-order valence-electron chi connectivity index (χ0n) is 14.2. The van der Waals surface area contributed by atoms with E-state index in [1.54, 1.807) is 14.2 Å². The Morgan fingerprint density at radius 2 is 2.12 bits per heavy atom. The first-order valence-corrected chi connectivity index (χ1v) is 8.95. The molecule has 1 atom stereocenters. The normalized spacial score (nSPS) is 22.7. The number of amidine groups is 1. The number of benzene rings is 1. The van der Waals surface area contributed by atoms with E-state index in [1.807, 2.05) is 24.3 Å². The molecule has 0 N–H and O–H groups in total. The number of carbonyl (C=O) groups is 1. The highest BCUT2D eigenvalue weighted by atomic mass is 32.2. The molecule has 5 nitrogen and oxygen atoms in total. The van der Waals surface area contributed by atoms with Crippen molar-refractivity contribution in [1.29, 1.82) is 0 Å². The standard InChI is InChI=1S/C18H22N2O3S/c1-12-6-4-5-9-20(12)18-19-17(21)16(24-18)11-13-10-14(22-2)7-8-15(13)23-3/h7-8,10-12H,4-6,9H2,1-3H3/b16-11+/t12-/m1/s1. The number of piperidine rings is 1. The van der Waals surface area contributed by atoms with Crippen LogP contribution in [-0.2, 0) is 4.79 Å². The van der Waals surface area contributed by atoms with Crippen LogP contribution in [0.1, 0.15) is 31.7 Å². The molecule has 0 saturated carbocycles. The van der Waals surface area contributed by atoms with Gasteiger partial charge in [0.05, 0.1) is 19.1 Å². The summed E-state index contributed by atoms with van der Waals surface area (Å²) in [6.07, 6.45) is 5.38. The van der Waals surface area contributed by atoms with Gasteiger partial charge in [-0.3, -0.25) is 4.79 Å². The van der Waals surface area contributed by atoms with Gasteiger partial charge in [0.1, 0.15) is 11.5 Å². The van der Waals surface area contributed by atoms with Crippen LogP contribution in [0.2, 0.25) is 0 Å². The Morgan fingerprint density at radius 3 is 2.83 bits per heavy atom. The molecule has 1 aromatic carbocycles. The number of hydrogen-bond acceptors (Lipinski definition) is 5. The molecule has 0 bridgehead atoms. The third-order valence-electron chi connectivity index (χ3n) is 4.38. The van der Waals surface area contributed by atoms with E-state index in [0.29, 0.717) is 16.7 Å². The largest absolute Gasteiger partial charge is 0.497 e. The number of hydrogen-bond donors (Lipinski definition) is 0. The number of rotatable bonds is 3. The Labute approximate surface area is 146 Å². The number of carbonyl (C=O) groups excluding carboxylic acids is 1. The highest BCUT2D eigenvalue weighted by Crippen LogP contribution is 2.35. The van der Waals surface area contributed by atoms with E-state index in [1.165, 1.54) is 18.2 Å². The fraction of sp³-hybridized carbons (Fsp3) is 0.444. The van der Waals surface area contributed by atoms with Crippen LogP contribution in [0.15, 0.2) is 28.1 Å². The molecule has 1 amide bonds. The summed E-state index contributed by atoms with van der Waals surface area (Å²) in [5, 5.41) is 0.820. The first-order valence-electron chi connectivity index (χ1n) is 8.13. The Hall–Kier alpha value is -1.95. The molecule has 0 aliphatic carbocycles. The van der Waals surface area contributed by atoms with Gasteiger partial charge in [-0.25, -0.2) is 0 Å². The fourth-order valence-corrected chi connectivity index (χ4v) is 4.03. The van der Waals surface area contributed by atoms with Gasteiger partial charge < -0.3 is 14.4 Å². The fourth-order valence-electron chi connectivity index (χ4n) is 3.00. The lowest BCUT2D eigenvalue weighted by molar-refractivity contribution is -0.113. The van der Waals surface area contributed by atoms with Gasteiger partial charge in [0.2, 0.25) is 0 Å². The van der Waals surface area contributed by atoms with Gasteiger partial charge in [-0.15, -0.1) is 0 Å². The summed E-state index contributed by atoms with van der Waals surface area (Å²) in [5.74, 6) is 1.25. The second-order valence-electron chi connectivity index (χ2n) is 5.96. The molecular weight excluding hydrogens is 324 g/mol. The first kappa shape index (κ1) is 16.9. The zero-order valence-corrected chi connectivity index (χ0v) is 15.1. The molecule has 0 aromatic heterocycles. The third-order valence-corrected chi connectivity index (χ3v) is 5.40. The number of amides is 1. The minimum Gasteiger partial charge on any atom is -0.497 e. The van der Waals surface area contributed by atoms with E-state index in [9.17, 15) is 4.79 Å². The molecule has 3 rings (SSSR count). The third kappa shape index (κ3) is 3.43. The maximum Gasteiger partial charge on any atom is 0.286 e. The van der Waals surface area contributed by atoms with E-state index in [2.05, 4.69) is 16.8 Å². The minimum absolute atomic E-state index is 0.183. The number of methoxy groups -OCH3 is 2. The van der Waals surface area contributed by atoms with Gasteiger partial charge in [0.25, 0.3) is 5.91 Å². The Balaban J connectivity index is 1.84. The van der Waals surface area contributed by atoms with Crippen LogP contribution in [0.25, 0.3) is 6.08 Å². The second-order valence-corrected chi connectivity index (χ2v) is 6.97.